The van der Waals surface area contributed by atoms with Gasteiger partial charge in [-0.1, -0.05) is 11.2 Å². The maximum Gasteiger partial charge on any atom is 0.353 e. The number of aliphatic carboxylic acids is 1. The number of anilines is 1. The largest absolute Gasteiger partial charge is 0.477 e. The van der Waals surface area contributed by atoms with Crippen LogP contribution in [0.15, 0.2) is 45.7 Å². The zero-order chi connectivity index (χ0) is 22.8. The molecule has 5 N–H and O–H groups in total. The Bertz CT molecular complexity index is 1140. The summed E-state index contributed by atoms with van der Waals surface area (Å²) in [5.74, 6) is -1.69. The Morgan fingerprint density at radius 2 is 2.25 bits per heavy atom. The quantitative estimate of drug-likeness (QED) is 0.189. The van der Waals surface area contributed by atoms with E-state index in [1.54, 1.807) is 18.5 Å². The van der Waals surface area contributed by atoms with Gasteiger partial charge in [0.15, 0.2) is 10.8 Å². The summed E-state index contributed by atoms with van der Waals surface area (Å²) in [5, 5.41) is 25.5. The predicted molar refractivity (Wildman–Crippen MR) is 120 cm³/mol. The molecule has 14 heteroatoms. The summed E-state index contributed by atoms with van der Waals surface area (Å²) >= 11 is 3.75. The average Bonchev–Trinajstić information content (AvgIpc) is 3.22. The van der Waals surface area contributed by atoms with Gasteiger partial charge in [-0.05, 0) is 11.6 Å². The molecule has 0 saturated carbocycles. The first-order valence-corrected chi connectivity index (χ1v) is 12.0. The zero-order valence-corrected chi connectivity index (χ0v) is 18.6. The summed E-state index contributed by atoms with van der Waals surface area (Å²) in [6.45, 7) is 0. The lowest BCUT2D eigenvalue weighted by Gasteiger charge is -2.49. The smallest absolute Gasteiger partial charge is 0.353 e. The first-order valence-electron chi connectivity index (χ1n) is 9.07. The van der Waals surface area contributed by atoms with Gasteiger partial charge in [-0.3, -0.25) is 19.5 Å². The van der Waals surface area contributed by atoms with E-state index in [1.165, 1.54) is 33.8 Å². The molecular formula is C18H16N6O5S3. The molecule has 0 unspecified atom stereocenters. The van der Waals surface area contributed by atoms with Gasteiger partial charge in [-0.25, -0.2) is 9.78 Å². The van der Waals surface area contributed by atoms with Gasteiger partial charge in [0.2, 0.25) is 0 Å². The molecular weight excluding hydrogens is 476 g/mol. The van der Waals surface area contributed by atoms with E-state index in [0.717, 1.165) is 16.9 Å². The molecule has 2 aliphatic rings. The highest BCUT2D eigenvalue weighted by Crippen LogP contribution is 2.44. The summed E-state index contributed by atoms with van der Waals surface area (Å²) in [6.07, 6.45) is 3.35. The van der Waals surface area contributed by atoms with Gasteiger partial charge in [-0.15, -0.1) is 34.9 Å². The van der Waals surface area contributed by atoms with Gasteiger partial charge in [0.25, 0.3) is 11.8 Å². The van der Waals surface area contributed by atoms with Crippen molar-refractivity contribution in [2.75, 3.05) is 11.5 Å². The number of nitrogens with zero attached hydrogens (tertiary/aromatic N) is 4. The highest BCUT2D eigenvalue weighted by atomic mass is 32.2. The Hall–Kier alpha value is -3.10. The van der Waals surface area contributed by atoms with E-state index in [1.807, 2.05) is 6.07 Å². The minimum atomic E-state index is -1.21. The number of thiazole rings is 1. The number of hydrogen-bond acceptors (Lipinski definition) is 11. The molecule has 0 bridgehead atoms. The Morgan fingerprint density at radius 3 is 2.88 bits per heavy atom. The molecule has 1 saturated heterocycles. The number of pyridine rings is 1. The molecule has 2 amide bonds. The van der Waals surface area contributed by atoms with Gasteiger partial charge in [0.1, 0.15) is 22.8 Å². The number of nitrogens with two attached hydrogens (primary N) is 1. The van der Waals surface area contributed by atoms with Crippen LogP contribution in [-0.2, 0) is 20.1 Å². The van der Waals surface area contributed by atoms with Crippen molar-refractivity contribution in [1.82, 2.24) is 20.2 Å². The monoisotopic (exact) mass is 492 g/mol. The van der Waals surface area contributed by atoms with Crippen molar-refractivity contribution in [3.8, 4) is 0 Å². The van der Waals surface area contributed by atoms with Crippen molar-refractivity contribution in [3.05, 3.63) is 51.8 Å². The first kappa shape index (κ1) is 22.1. The number of carbonyl (C=O) groups excluding carboxylic acids is 2. The van der Waals surface area contributed by atoms with Crippen LogP contribution in [-0.4, -0.2) is 65.8 Å². The lowest BCUT2D eigenvalue weighted by atomic mass is 10.0. The van der Waals surface area contributed by atoms with Crippen molar-refractivity contribution in [2.24, 2.45) is 5.16 Å². The van der Waals surface area contributed by atoms with Crippen molar-refractivity contribution in [1.29, 1.82) is 0 Å². The van der Waals surface area contributed by atoms with Crippen molar-refractivity contribution >= 4 is 63.5 Å². The molecule has 0 radical (unpaired) electrons. The number of carbonyl (C=O) groups is 3. The summed E-state index contributed by atoms with van der Waals surface area (Å²) in [6, 6.07) is 2.72. The van der Waals surface area contributed by atoms with Crippen molar-refractivity contribution in [2.45, 2.75) is 17.2 Å². The number of aromatic nitrogens is 2. The number of fused-ring (bicyclic) bond motifs is 1. The zero-order valence-electron chi connectivity index (χ0n) is 16.2. The fourth-order valence-corrected chi connectivity index (χ4v) is 6.29. The van der Waals surface area contributed by atoms with E-state index >= 15 is 0 Å². The van der Waals surface area contributed by atoms with Crippen LogP contribution < -0.4 is 11.1 Å². The Morgan fingerprint density at radius 1 is 1.44 bits per heavy atom. The van der Waals surface area contributed by atoms with Crippen LogP contribution in [0.5, 0.6) is 0 Å². The fraction of sp³-hybridized carbons (Fsp3) is 0.222. The number of β-lactam (4-membered cyclic amide) rings is 1. The summed E-state index contributed by atoms with van der Waals surface area (Å²) in [4.78, 5) is 46.9. The predicted octanol–water partition coefficient (Wildman–Crippen LogP) is 0.928. The molecule has 11 nitrogen and oxygen atoms in total. The van der Waals surface area contributed by atoms with E-state index in [0.29, 0.717) is 16.4 Å². The third kappa shape index (κ3) is 4.16. The summed E-state index contributed by atoms with van der Waals surface area (Å²) < 4.78 is 0. The number of carboxylic acids is 1. The molecule has 0 spiro atoms. The van der Waals surface area contributed by atoms with Crippen LogP contribution in [0.3, 0.4) is 0 Å². The maximum absolute atomic E-state index is 12.8. The van der Waals surface area contributed by atoms with Crippen LogP contribution >= 0.6 is 34.9 Å². The second kappa shape index (κ2) is 9.18. The highest BCUT2D eigenvalue weighted by Gasteiger charge is 2.54. The second-order valence-electron chi connectivity index (χ2n) is 6.61. The van der Waals surface area contributed by atoms with Gasteiger partial charge in [-0.2, -0.15) is 0 Å². The van der Waals surface area contributed by atoms with Gasteiger partial charge in [0.05, 0.1) is 0 Å². The van der Waals surface area contributed by atoms with Crippen molar-refractivity contribution < 1.29 is 24.7 Å². The highest BCUT2D eigenvalue weighted by molar-refractivity contribution is 8.05. The Labute approximate surface area is 193 Å². The fourth-order valence-electron chi connectivity index (χ4n) is 3.17. The number of nitrogens with one attached hydrogen (secondary N) is 1. The molecule has 4 rings (SSSR count). The number of rotatable bonds is 7. The van der Waals surface area contributed by atoms with Gasteiger partial charge in [0, 0.05) is 34.2 Å². The van der Waals surface area contributed by atoms with Crippen LogP contribution in [0.2, 0.25) is 0 Å². The lowest BCUT2D eigenvalue weighted by Crippen LogP contribution is -2.71. The molecule has 32 heavy (non-hydrogen) atoms. The van der Waals surface area contributed by atoms with E-state index in [9.17, 15) is 24.7 Å². The molecule has 2 aliphatic heterocycles. The van der Waals surface area contributed by atoms with E-state index in [2.05, 4.69) is 20.4 Å². The van der Waals surface area contributed by atoms with Crippen LogP contribution in [0, 0.1) is 0 Å². The van der Waals surface area contributed by atoms with Gasteiger partial charge < -0.3 is 21.4 Å². The Kier molecular flexibility index (Phi) is 6.34. The minimum absolute atomic E-state index is 0.0765. The average molecular weight is 493 g/mol. The van der Waals surface area contributed by atoms with Crippen molar-refractivity contribution in [3.63, 3.8) is 0 Å². The molecule has 0 aromatic carbocycles. The normalized spacial score (nSPS) is 20.6. The number of carboxylic acid groups (broad SMARTS) is 1. The number of oxime groups is 1. The van der Waals surface area contributed by atoms with E-state index in [-0.39, 0.29) is 22.2 Å². The van der Waals surface area contributed by atoms with Crippen LogP contribution in [0.4, 0.5) is 5.13 Å². The molecule has 2 atom stereocenters. The summed E-state index contributed by atoms with van der Waals surface area (Å²) in [7, 11) is 0. The second-order valence-corrected chi connectivity index (χ2v) is 9.67. The minimum Gasteiger partial charge on any atom is -0.477 e. The van der Waals surface area contributed by atoms with E-state index < -0.39 is 29.2 Å². The lowest BCUT2D eigenvalue weighted by molar-refractivity contribution is -0.150. The topological polar surface area (TPSA) is 171 Å². The molecule has 1 fully saturated rings. The maximum atomic E-state index is 12.8. The summed E-state index contributed by atoms with van der Waals surface area (Å²) in [5.41, 5.74) is 6.09. The molecule has 2 aromatic rings. The SMILES string of the molecule is Nc1nc(/C(=N\O)C(=O)N[C@@H]2C(=O)N3C(C(=O)O)=C(SCc4cccnc4)CS[C@H]23)cs1. The van der Waals surface area contributed by atoms with Gasteiger partial charge >= 0.3 is 5.97 Å². The molecule has 2 aromatic heterocycles. The molecule has 166 valence electrons. The first-order chi connectivity index (χ1) is 15.4. The van der Waals surface area contributed by atoms with E-state index in [4.69, 9.17) is 5.73 Å². The standard InChI is InChI=1S/C18H16N6O5S3/c19-18-21-9(6-32-18)11(23-29)14(25)22-12-15(26)24-13(17(27)28)10(7-31-16(12)24)30-5-8-2-1-3-20-4-8/h1-4,6,12,16,29H,5,7H2,(H2,19,21)(H,22,25)(H,27,28)/b23-11+/t12-,16-/m1/s1. The third-order valence-corrected chi connectivity index (χ3v) is 7.94. The number of amides is 2. The number of hydrogen-bond donors (Lipinski definition) is 4. The molecule has 0 aliphatic carbocycles. The number of nitrogen functional groups attached to an aromatic ring is 1. The van der Waals surface area contributed by atoms with Crippen LogP contribution in [0.1, 0.15) is 11.3 Å². The number of thioether (sulfide) groups is 2. The Balaban J connectivity index is 1.48. The van der Waals surface area contributed by atoms with Crippen LogP contribution in [0.25, 0.3) is 0 Å². The third-order valence-electron chi connectivity index (χ3n) is 4.64. The molecule has 4 heterocycles.